The van der Waals surface area contributed by atoms with Crippen LogP contribution in [0.1, 0.15) is 5.56 Å². The number of nitrogens with two attached hydrogens (primary N) is 1. The van der Waals surface area contributed by atoms with E-state index in [0.29, 0.717) is 0 Å². The topological polar surface area (TPSA) is 26.0 Å². The van der Waals surface area contributed by atoms with Crippen LogP contribution in [0.5, 0.6) is 0 Å². The van der Waals surface area contributed by atoms with Crippen molar-refractivity contribution in [3.05, 3.63) is 35.9 Å². The van der Waals surface area contributed by atoms with Gasteiger partial charge in [0.1, 0.15) is 0 Å². The molecule has 0 saturated carbocycles. The molecule has 0 heterocycles. The van der Waals surface area contributed by atoms with Crippen LogP contribution < -0.4 is 5.73 Å². The first kappa shape index (κ1) is 8.37. The Labute approximate surface area is 72.2 Å². The van der Waals surface area contributed by atoms with Crippen LogP contribution in [-0.2, 0) is 6.42 Å². The molecule has 0 bridgehead atoms. The molecule has 0 fully saturated rings. The van der Waals surface area contributed by atoms with Crippen LogP contribution in [-0.4, -0.2) is 11.4 Å². The van der Waals surface area contributed by atoms with Crippen molar-refractivity contribution in [1.82, 2.24) is 0 Å². The lowest BCUT2D eigenvalue weighted by atomic mass is 10.1. The molecule has 0 spiro atoms. The lowest BCUT2D eigenvalue weighted by Crippen LogP contribution is -2.23. The second-order valence-corrected chi connectivity index (χ2v) is 2.65. The fourth-order valence-corrected chi connectivity index (χ4v) is 0.993. The minimum absolute atomic E-state index is 0.118. The Morgan fingerprint density at radius 2 is 2.00 bits per heavy atom. The van der Waals surface area contributed by atoms with Gasteiger partial charge >= 0.3 is 0 Å². The predicted octanol–water partition coefficient (Wildman–Crippen LogP) is 1.43. The van der Waals surface area contributed by atoms with Gasteiger partial charge in [-0.3, -0.25) is 0 Å². The van der Waals surface area contributed by atoms with E-state index in [1.165, 1.54) is 5.56 Å². The van der Waals surface area contributed by atoms with E-state index in [0.717, 1.165) is 6.42 Å². The van der Waals surface area contributed by atoms with Gasteiger partial charge in [-0.05, 0) is 12.0 Å². The minimum Gasteiger partial charge on any atom is -0.323 e. The Hall–Kier alpha value is -0.730. The summed E-state index contributed by atoms with van der Waals surface area (Å²) in [5.41, 5.74) is 6.80. The molecule has 1 nitrogen and oxygen atoms in total. The number of thiocarbonyl (C=S) groups is 1. The first-order valence-electron chi connectivity index (χ1n) is 3.50. The molecule has 0 aliphatic carbocycles. The van der Waals surface area contributed by atoms with Gasteiger partial charge in [0.05, 0.1) is 0 Å². The molecule has 2 heteroatoms. The summed E-state index contributed by atoms with van der Waals surface area (Å²) in [5, 5.41) is 2.57. The molecule has 57 valence electrons. The Morgan fingerprint density at radius 3 is 2.55 bits per heavy atom. The van der Waals surface area contributed by atoms with Gasteiger partial charge in [0.2, 0.25) is 0 Å². The molecule has 1 aromatic carbocycles. The molecular weight excluding hydrogens is 154 g/mol. The summed E-state index contributed by atoms with van der Waals surface area (Å²) >= 11 is 4.60. The summed E-state index contributed by atoms with van der Waals surface area (Å²) in [6.07, 6.45) is 0.782. The van der Waals surface area contributed by atoms with Crippen LogP contribution in [0.3, 0.4) is 0 Å². The third-order valence-corrected chi connectivity index (χ3v) is 1.75. The molecule has 0 aliphatic heterocycles. The van der Waals surface area contributed by atoms with Crippen LogP contribution in [0.2, 0.25) is 0 Å². The first-order chi connectivity index (χ1) is 5.33. The van der Waals surface area contributed by atoms with Crippen LogP contribution >= 0.6 is 12.2 Å². The molecule has 1 radical (unpaired) electrons. The molecule has 11 heavy (non-hydrogen) atoms. The van der Waals surface area contributed by atoms with Gasteiger partial charge < -0.3 is 5.73 Å². The van der Waals surface area contributed by atoms with Crippen LogP contribution in [0.15, 0.2) is 30.3 Å². The second-order valence-electron chi connectivity index (χ2n) is 2.41. The average Bonchev–Trinajstić information content (AvgIpc) is 2.06. The normalized spacial score (nSPS) is 12.5. The van der Waals surface area contributed by atoms with Crippen molar-refractivity contribution in [2.24, 2.45) is 5.73 Å². The van der Waals surface area contributed by atoms with Crippen LogP contribution in [0.4, 0.5) is 0 Å². The van der Waals surface area contributed by atoms with E-state index in [1.807, 2.05) is 30.3 Å². The highest BCUT2D eigenvalue weighted by molar-refractivity contribution is 7.79. The van der Waals surface area contributed by atoms with E-state index in [9.17, 15) is 0 Å². The molecule has 1 rings (SSSR count). The van der Waals surface area contributed by atoms with E-state index in [-0.39, 0.29) is 6.04 Å². The van der Waals surface area contributed by atoms with E-state index < -0.39 is 0 Å². The standard InChI is InChI=1S/C9H10NS/c10-9(7-11)6-8-4-2-1-3-5-8/h1-5,9H,6,10H2. The minimum atomic E-state index is -0.118. The Morgan fingerprint density at radius 1 is 1.36 bits per heavy atom. The van der Waals surface area contributed by atoms with E-state index in [1.54, 1.807) is 0 Å². The Kier molecular flexibility index (Phi) is 3.20. The summed E-state index contributed by atoms with van der Waals surface area (Å²) in [7, 11) is 0. The highest BCUT2D eigenvalue weighted by Gasteiger charge is 1.98. The van der Waals surface area contributed by atoms with Crippen molar-refractivity contribution >= 4 is 17.6 Å². The first-order valence-corrected chi connectivity index (χ1v) is 3.91. The second kappa shape index (κ2) is 4.21. The molecule has 0 amide bonds. The fraction of sp³-hybridized carbons (Fsp3) is 0.222. The highest BCUT2D eigenvalue weighted by Crippen LogP contribution is 2.00. The third kappa shape index (κ3) is 2.78. The van der Waals surface area contributed by atoms with Crippen molar-refractivity contribution in [2.75, 3.05) is 0 Å². The van der Waals surface area contributed by atoms with Crippen molar-refractivity contribution in [1.29, 1.82) is 0 Å². The number of hydrogen-bond acceptors (Lipinski definition) is 2. The largest absolute Gasteiger partial charge is 0.323 e. The van der Waals surface area contributed by atoms with Gasteiger partial charge in [0.15, 0.2) is 0 Å². The van der Waals surface area contributed by atoms with Crippen molar-refractivity contribution in [3.8, 4) is 0 Å². The maximum Gasteiger partial charge on any atom is 0.0478 e. The molecule has 2 N–H and O–H groups in total. The molecular formula is C9H10NS. The van der Waals surface area contributed by atoms with Crippen molar-refractivity contribution in [3.63, 3.8) is 0 Å². The molecule has 1 aromatic rings. The summed E-state index contributed by atoms with van der Waals surface area (Å²) in [6.45, 7) is 0. The molecule has 1 unspecified atom stereocenters. The van der Waals surface area contributed by atoms with E-state index >= 15 is 0 Å². The zero-order valence-corrected chi connectivity index (χ0v) is 6.97. The summed E-state index contributed by atoms with van der Waals surface area (Å²) in [4.78, 5) is 0. The van der Waals surface area contributed by atoms with Gasteiger partial charge in [-0.25, -0.2) is 0 Å². The monoisotopic (exact) mass is 164 g/mol. The quantitative estimate of drug-likeness (QED) is 0.684. The third-order valence-electron chi connectivity index (χ3n) is 1.45. The lowest BCUT2D eigenvalue weighted by molar-refractivity contribution is 0.873. The van der Waals surface area contributed by atoms with Crippen molar-refractivity contribution in [2.45, 2.75) is 12.5 Å². The maximum absolute atomic E-state index is 5.59. The summed E-state index contributed by atoms with van der Waals surface area (Å²) in [5.74, 6) is 0. The highest BCUT2D eigenvalue weighted by atomic mass is 32.1. The lowest BCUT2D eigenvalue weighted by Gasteiger charge is -2.02. The zero-order valence-electron chi connectivity index (χ0n) is 6.16. The van der Waals surface area contributed by atoms with E-state index in [2.05, 4.69) is 17.6 Å². The Bertz CT molecular complexity index is 220. The predicted molar refractivity (Wildman–Crippen MR) is 50.7 cm³/mol. The number of hydrogen-bond donors (Lipinski definition) is 1. The number of benzene rings is 1. The van der Waals surface area contributed by atoms with Gasteiger partial charge in [0, 0.05) is 11.4 Å². The molecule has 0 aliphatic rings. The van der Waals surface area contributed by atoms with Gasteiger partial charge in [0.25, 0.3) is 0 Å². The van der Waals surface area contributed by atoms with Gasteiger partial charge in [-0.15, -0.1) is 0 Å². The summed E-state index contributed by atoms with van der Waals surface area (Å²) < 4.78 is 0. The Balaban J connectivity index is 2.57. The SMILES string of the molecule is NC([C]=S)Cc1ccccc1. The van der Waals surface area contributed by atoms with Gasteiger partial charge in [-0.2, -0.15) is 0 Å². The van der Waals surface area contributed by atoms with Crippen LogP contribution in [0, 0.1) is 0 Å². The fourth-order valence-electron chi connectivity index (χ4n) is 0.910. The molecule has 0 saturated heterocycles. The maximum atomic E-state index is 5.59. The molecule has 1 atom stereocenters. The summed E-state index contributed by atoms with van der Waals surface area (Å²) in [6, 6.07) is 9.92. The van der Waals surface area contributed by atoms with Crippen LogP contribution in [0.25, 0.3) is 0 Å². The van der Waals surface area contributed by atoms with Crippen molar-refractivity contribution < 1.29 is 0 Å². The average molecular weight is 164 g/mol. The smallest absolute Gasteiger partial charge is 0.0478 e. The zero-order chi connectivity index (χ0) is 8.10. The molecule has 0 aromatic heterocycles. The van der Waals surface area contributed by atoms with E-state index in [4.69, 9.17) is 5.73 Å². The number of rotatable bonds is 3. The van der Waals surface area contributed by atoms with Gasteiger partial charge in [-0.1, -0.05) is 42.5 Å².